The number of carbonyl (C=O) groups is 2. The number of rotatable bonds is 9. The van der Waals surface area contributed by atoms with Gasteiger partial charge in [-0.1, -0.05) is 78.0 Å². The fourth-order valence-corrected chi connectivity index (χ4v) is 5.34. The molecule has 196 valence electrons. The first-order chi connectivity index (χ1) is 18.3. The molecule has 1 unspecified atom stereocenters. The van der Waals surface area contributed by atoms with Crippen molar-refractivity contribution in [3.05, 3.63) is 99.2 Å². The summed E-state index contributed by atoms with van der Waals surface area (Å²) in [5, 5.41) is 0.266. The maximum Gasteiger partial charge on any atom is 0.333 e. The molecule has 1 amide bonds. The summed E-state index contributed by atoms with van der Waals surface area (Å²) in [5.74, 6) is -0.656. The standard InChI is InChI=1S/C28H23ClFNO5S2/c1-3-35-23-14-17(12-13-22(23)36-16-19-20(29)10-7-11-21(19)30)15-24-26(32)31(28(37)38-24)25(27(33)34-2)18-8-5-4-6-9-18/h4-15,25H,3,16H2,1-2H3/b24-15+. The average Bonchev–Trinajstić information content (AvgIpc) is 3.18. The first-order valence-electron chi connectivity index (χ1n) is 11.6. The molecule has 0 aromatic heterocycles. The highest BCUT2D eigenvalue weighted by atomic mass is 35.5. The van der Waals surface area contributed by atoms with Crippen LogP contribution >= 0.6 is 35.6 Å². The quantitative estimate of drug-likeness (QED) is 0.163. The zero-order valence-corrected chi connectivity index (χ0v) is 22.9. The zero-order valence-electron chi connectivity index (χ0n) is 20.5. The molecule has 38 heavy (non-hydrogen) atoms. The van der Waals surface area contributed by atoms with Gasteiger partial charge >= 0.3 is 5.97 Å². The maximum absolute atomic E-state index is 14.1. The number of nitrogens with zero attached hydrogens (tertiary/aromatic N) is 1. The Hall–Kier alpha value is -3.40. The topological polar surface area (TPSA) is 65.1 Å². The van der Waals surface area contributed by atoms with Gasteiger partial charge in [0.15, 0.2) is 17.5 Å². The predicted octanol–water partition coefficient (Wildman–Crippen LogP) is 6.57. The highest BCUT2D eigenvalue weighted by Crippen LogP contribution is 2.39. The molecule has 1 aliphatic heterocycles. The molecule has 1 atom stereocenters. The fourth-order valence-electron chi connectivity index (χ4n) is 3.81. The number of benzene rings is 3. The Balaban J connectivity index is 1.59. The van der Waals surface area contributed by atoms with E-state index in [1.807, 2.05) is 13.0 Å². The van der Waals surface area contributed by atoms with Gasteiger partial charge in [0.1, 0.15) is 16.7 Å². The van der Waals surface area contributed by atoms with Crippen molar-refractivity contribution in [1.29, 1.82) is 0 Å². The Kier molecular flexibility index (Phi) is 9.04. The average molecular weight is 572 g/mol. The van der Waals surface area contributed by atoms with Gasteiger partial charge in [0.2, 0.25) is 0 Å². The van der Waals surface area contributed by atoms with Crippen LogP contribution in [0.5, 0.6) is 11.5 Å². The van der Waals surface area contributed by atoms with Gasteiger partial charge in [0.05, 0.1) is 23.6 Å². The fraction of sp³-hybridized carbons (Fsp3) is 0.179. The molecule has 6 nitrogen and oxygen atoms in total. The largest absolute Gasteiger partial charge is 0.490 e. The second kappa shape index (κ2) is 12.4. The second-order valence-electron chi connectivity index (χ2n) is 8.02. The third-order valence-corrected chi connectivity index (χ3v) is 7.31. The van der Waals surface area contributed by atoms with Crippen LogP contribution in [0.4, 0.5) is 4.39 Å². The number of methoxy groups -OCH3 is 1. The lowest BCUT2D eigenvalue weighted by Crippen LogP contribution is -2.37. The van der Waals surface area contributed by atoms with E-state index in [1.165, 1.54) is 24.1 Å². The van der Waals surface area contributed by atoms with Crippen LogP contribution in [0.15, 0.2) is 71.6 Å². The van der Waals surface area contributed by atoms with Gasteiger partial charge in [-0.15, -0.1) is 0 Å². The molecule has 1 fully saturated rings. The Bertz CT molecular complexity index is 1380. The van der Waals surface area contributed by atoms with Crippen molar-refractivity contribution in [2.45, 2.75) is 19.6 Å². The van der Waals surface area contributed by atoms with E-state index >= 15 is 0 Å². The first-order valence-corrected chi connectivity index (χ1v) is 13.2. The molecule has 0 aliphatic carbocycles. The Morgan fingerprint density at radius 3 is 2.55 bits per heavy atom. The zero-order chi connectivity index (χ0) is 27.2. The molecule has 0 N–H and O–H groups in total. The minimum absolute atomic E-state index is 0.0853. The van der Waals surface area contributed by atoms with E-state index in [-0.39, 0.29) is 21.5 Å². The summed E-state index contributed by atoms with van der Waals surface area (Å²) >= 11 is 12.7. The number of carbonyl (C=O) groups excluding carboxylic acids is 2. The highest BCUT2D eigenvalue weighted by molar-refractivity contribution is 8.26. The summed E-state index contributed by atoms with van der Waals surface area (Å²) in [4.78, 5) is 27.7. The number of esters is 1. The van der Waals surface area contributed by atoms with Gasteiger partial charge in [-0.25, -0.2) is 9.18 Å². The molecular formula is C28H23ClFNO5S2. The Morgan fingerprint density at radius 1 is 1.11 bits per heavy atom. The molecule has 0 bridgehead atoms. The lowest BCUT2D eigenvalue weighted by molar-refractivity contribution is -0.148. The van der Waals surface area contributed by atoms with Crippen LogP contribution in [0, 0.1) is 5.82 Å². The van der Waals surface area contributed by atoms with Crippen molar-refractivity contribution in [3.63, 3.8) is 0 Å². The monoisotopic (exact) mass is 571 g/mol. The molecule has 1 heterocycles. The van der Waals surface area contributed by atoms with Crippen molar-refractivity contribution in [2.75, 3.05) is 13.7 Å². The van der Waals surface area contributed by atoms with Crippen molar-refractivity contribution in [2.24, 2.45) is 0 Å². The van der Waals surface area contributed by atoms with Crippen molar-refractivity contribution >= 4 is 57.9 Å². The maximum atomic E-state index is 14.1. The van der Waals surface area contributed by atoms with Crippen LogP contribution in [0.25, 0.3) is 6.08 Å². The smallest absolute Gasteiger partial charge is 0.333 e. The lowest BCUT2D eigenvalue weighted by atomic mass is 10.1. The summed E-state index contributed by atoms with van der Waals surface area (Å²) < 4.78 is 30.9. The SMILES string of the molecule is CCOc1cc(/C=C2/SC(=S)N(C(C(=O)OC)c3ccccc3)C2=O)ccc1OCc1c(F)cccc1Cl. The number of hydrogen-bond donors (Lipinski definition) is 0. The number of ether oxygens (including phenoxy) is 3. The number of thiocarbonyl (C=S) groups is 1. The van der Waals surface area contributed by atoms with Crippen molar-refractivity contribution in [3.8, 4) is 11.5 Å². The Morgan fingerprint density at radius 2 is 1.87 bits per heavy atom. The third-order valence-electron chi connectivity index (χ3n) is 5.62. The van der Waals surface area contributed by atoms with Crippen LogP contribution < -0.4 is 9.47 Å². The van der Waals surface area contributed by atoms with Crippen LogP contribution in [0.1, 0.15) is 29.7 Å². The molecule has 3 aromatic carbocycles. The van der Waals surface area contributed by atoms with E-state index in [1.54, 1.807) is 54.6 Å². The number of halogens is 2. The van der Waals surface area contributed by atoms with Gasteiger partial charge in [-0.3, -0.25) is 9.69 Å². The van der Waals surface area contributed by atoms with Crippen LogP contribution in [-0.4, -0.2) is 34.8 Å². The number of hydrogen-bond acceptors (Lipinski definition) is 7. The van der Waals surface area contributed by atoms with Crippen molar-refractivity contribution in [1.82, 2.24) is 4.90 Å². The molecule has 4 rings (SSSR count). The minimum Gasteiger partial charge on any atom is -0.490 e. The van der Waals surface area contributed by atoms with E-state index in [0.717, 1.165) is 11.8 Å². The molecular weight excluding hydrogens is 549 g/mol. The van der Waals surface area contributed by atoms with Gasteiger partial charge in [0, 0.05) is 5.56 Å². The second-order valence-corrected chi connectivity index (χ2v) is 10.1. The molecule has 1 aliphatic rings. The first kappa shape index (κ1) is 27.6. The predicted molar refractivity (Wildman–Crippen MR) is 150 cm³/mol. The summed E-state index contributed by atoms with van der Waals surface area (Å²) in [6.45, 7) is 2.10. The highest BCUT2D eigenvalue weighted by Gasteiger charge is 2.41. The molecule has 1 saturated heterocycles. The molecule has 0 saturated carbocycles. The van der Waals surface area contributed by atoms with E-state index in [9.17, 15) is 14.0 Å². The number of amides is 1. The summed E-state index contributed by atoms with van der Waals surface area (Å²) in [6.07, 6.45) is 1.67. The van der Waals surface area contributed by atoms with E-state index in [0.29, 0.717) is 34.1 Å². The van der Waals surface area contributed by atoms with Crippen LogP contribution in [0.3, 0.4) is 0 Å². The van der Waals surface area contributed by atoms with Crippen molar-refractivity contribution < 1.29 is 28.2 Å². The summed E-state index contributed by atoms with van der Waals surface area (Å²) in [6, 6.07) is 17.4. The minimum atomic E-state index is -1.00. The molecule has 10 heteroatoms. The van der Waals surface area contributed by atoms with Crippen LogP contribution in [-0.2, 0) is 20.9 Å². The van der Waals surface area contributed by atoms with Gasteiger partial charge in [0.25, 0.3) is 5.91 Å². The van der Waals surface area contributed by atoms with E-state index < -0.39 is 23.7 Å². The van der Waals surface area contributed by atoms with Crippen LogP contribution in [0.2, 0.25) is 5.02 Å². The third kappa shape index (κ3) is 6.01. The lowest BCUT2D eigenvalue weighted by Gasteiger charge is -2.24. The van der Waals surface area contributed by atoms with E-state index in [2.05, 4.69) is 0 Å². The van der Waals surface area contributed by atoms with Gasteiger partial charge < -0.3 is 14.2 Å². The van der Waals surface area contributed by atoms with E-state index in [4.69, 9.17) is 38.0 Å². The number of thioether (sulfide) groups is 1. The summed E-state index contributed by atoms with van der Waals surface area (Å²) in [7, 11) is 1.27. The molecule has 0 spiro atoms. The van der Waals surface area contributed by atoms with Gasteiger partial charge in [-0.05, 0) is 48.4 Å². The molecule has 3 aromatic rings. The van der Waals surface area contributed by atoms with Gasteiger partial charge in [-0.2, -0.15) is 0 Å². The summed E-state index contributed by atoms with van der Waals surface area (Å²) in [5.41, 5.74) is 1.48. The normalized spacial score (nSPS) is 15.1. The molecule has 0 radical (unpaired) electrons. The Labute approximate surface area is 234 Å².